The molecule has 4 rings (SSSR count). The smallest absolute Gasteiger partial charge is 0.0682 e. The van der Waals surface area contributed by atoms with Crippen molar-refractivity contribution in [1.82, 2.24) is 4.98 Å². The first-order valence-corrected chi connectivity index (χ1v) is 8.73. The summed E-state index contributed by atoms with van der Waals surface area (Å²) in [7, 11) is 0. The molecule has 0 fully saturated rings. The number of pyridine rings is 1. The molecule has 0 aliphatic heterocycles. The van der Waals surface area contributed by atoms with E-state index in [1.807, 2.05) is 12.3 Å². The molecule has 0 aromatic carbocycles. The second-order valence-electron chi connectivity index (χ2n) is 6.13. The largest absolute Gasteiger partial charge is 0.257 e. The maximum Gasteiger partial charge on any atom is 0.0682 e. The monoisotopic (exact) mass is 351 g/mol. The number of nitrogens with zero attached hydrogens (tertiary/aromatic N) is 1. The van der Waals surface area contributed by atoms with Crippen molar-refractivity contribution < 1.29 is 0 Å². The summed E-state index contributed by atoms with van der Waals surface area (Å²) >= 11 is 3.87. The Hall–Kier alpha value is -1.67. The number of hydrogen-bond donors (Lipinski definition) is 0. The van der Waals surface area contributed by atoms with Crippen LogP contribution in [0, 0.1) is 5.92 Å². The Morgan fingerprint density at radius 2 is 2.00 bits per heavy atom. The summed E-state index contributed by atoms with van der Waals surface area (Å²) in [6.45, 7) is 2.24. The summed E-state index contributed by atoms with van der Waals surface area (Å²) in [6, 6.07) is 4.18. The van der Waals surface area contributed by atoms with Gasteiger partial charge in [-0.3, -0.25) is 4.98 Å². The van der Waals surface area contributed by atoms with Crippen LogP contribution in [-0.4, -0.2) is 4.98 Å². The highest BCUT2D eigenvalue weighted by Crippen LogP contribution is 2.49. The molecule has 0 saturated heterocycles. The van der Waals surface area contributed by atoms with Gasteiger partial charge >= 0.3 is 0 Å². The van der Waals surface area contributed by atoms with Crippen molar-refractivity contribution in [2.75, 3.05) is 0 Å². The number of allylic oxidation sites excluding steroid dienone is 9. The first-order chi connectivity index (χ1) is 10.7. The highest BCUT2D eigenvalue weighted by atomic mass is 79.9. The molecule has 0 saturated carbocycles. The molecule has 3 aliphatic rings. The molecule has 1 aromatic heterocycles. The zero-order valence-electron chi connectivity index (χ0n) is 12.6. The predicted molar refractivity (Wildman–Crippen MR) is 95.7 cm³/mol. The Morgan fingerprint density at radius 3 is 2.82 bits per heavy atom. The lowest BCUT2D eigenvalue weighted by atomic mass is 9.87. The van der Waals surface area contributed by atoms with Gasteiger partial charge in [0.25, 0.3) is 0 Å². The summed E-state index contributed by atoms with van der Waals surface area (Å²) in [5.74, 6) is 0.596. The molecule has 0 bridgehead atoms. The minimum absolute atomic E-state index is 0.259. The van der Waals surface area contributed by atoms with Gasteiger partial charge in [-0.25, -0.2) is 0 Å². The van der Waals surface area contributed by atoms with Gasteiger partial charge in [0, 0.05) is 6.20 Å². The Labute approximate surface area is 140 Å². The number of aromatic nitrogens is 1. The zero-order chi connectivity index (χ0) is 15.1. The van der Waals surface area contributed by atoms with Crippen molar-refractivity contribution in [2.24, 2.45) is 5.92 Å². The number of fused-ring (bicyclic) bond motifs is 2. The van der Waals surface area contributed by atoms with E-state index in [9.17, 15) is 0 Å². The van der Waals surface area contributed by atoms with Gasteiger partial charge in [0.05, 0.1) is 10.5 Å². The number of rotatable bonds is 3. The van der Waals surface area contributed by atoms with E-state index in [1.54, 1.807) is 0 Å². The van der Waals surface area contributed by atoms with Gasteiger partial charge in [-0.2, -0.15) is 0 Å². The van der Waals surface area contributed by atoms with Gasteiger partial charge in [0.15, 0.2) is 0 Å². The van der Waals surface area contributed by atoms with E-state index in [0.717, 1.165) is 12.1 Å². The SMILES string of the molecule is CC1=C(CCC2C=CC=C2)C2=Cc3ncccc3C(Br)C2=C1. The molecular formula is C20H18BrN. The fraction of sp³-hybridized carbons (Fsp3) is 0.250. The molecule has 22 heavy (non-hydrogen) atoms. The number of halogens is 1. The molecular weight excluding hydrogens is 334 g/mol. The normalized spacial score (nSPS) is 22.7. The molecule has 0 spiro atoms. The Balaban J connectivity index is 1.65. The summed E-state index contributed by atoms with van der Waals surface area (Å²) < 4.78 is 0. The van der Waals surface area contributed by atoms with E-state index in [-0.39, 0.29) is 4.83 Å². The quantitative estimate of drug-likeness (QED) is 0.637. The van der Waals surface area contributed by atoms with Gasteiger partial charge in [0.1, 0.15) is 0 Å². The molecule has 1 aromatic rings. The van der Waals surface area contributed by atoms with E-state index in [4.69, 9.17) is 0 Å². The third-order valence-corrected chi connectivity index (χ3v) is 5.72. The van der Waals surface area contributed by atoms with E-state index >= 15 is 0 Å². The summed E-state index contributed by atoms with van der Waals surface area (Å²) in [4.78, 5) is 4.81. The van der Waals surface area contributed by atoms with Crippen molar-refractivity contribution >= 4 is 22.0 Å². The summed E-state index contributed by atoms with van der Waals surface area (Å²) in [5, 5.41) is 0. The zero-order valence-corrected chi connectivity index (χ0v) is 14.2. The lowest BCUT2D eigenvalue weighted by Crippen LogP contribution is -2.07. The van der Waals surface area contributed by atoms with Crippen LogP contribution in [0.3, 0.4) is 0 Å². The van der Waals surface area contributed by atoms with Crippen LogP contribution in [0.25, 0.3) is 6.08 Å². The summed E-state index contributed by atoms with van der Waals surface area (Å²) in [6.07, 6.45) is 17.7. The highest BCUT2D eigenvalue weighted by Gasteiger charge is 2.30. The second kappa shape index (κ2) is 5.51. The first-order valence-electron chi connectivity index (χ1n) is 7.82. The number of alkyl halides is 1. The minimum Gasteiger partial charge on any atom is -0.257 e. The van der Waals surface area contributed by atoms with Crippen LogP contribution in [0.1, 0.15) is 35.8 Å². The van der Waals surface area contributed by atoms with Crippen LogP contribution in [0.4, 0.5) is 0 Å². The molecule has 110 valence electrons. The Bertz CT molecular complexity index is 765. The molecule has 1 heterocycles. The van der Waals surface area contributed by atoms with Crippen molar-refractivity contribution in [3.63, 3.8) is 0 Å². The molecule has 1 atom stereocenters. The molecule has 3 aliphatic carbocycles. The van der Waals surface area contributed by atoms with Crippen molar-refractivity contribution in [3.8, 4) is 0 Å². The fourth-order valence-electron chi connectivity index (χ4n) is 3.55. The highest BCUT2D eigenvalue weighted by molar-refractivity contribution is 9.09. The van der Waals surface area contributed by atoms with Gasteiger partial charge in [-0.1, -0.05) is 52.4 Å². The lowest BCUT2D eigenvalue weighted by Gasteiger charge is -2.23. The molecule has 1 nitrogen and oxygen atoms in total. The minimum atomic E-state index is 0.259. The van der Waals surface area contributed by atoms with Gasteiger partial charge in [-0.05, 0) is 65.7 Å². The topological polar surface area (TPSA) is 12.9 Å². The van der Waals surface area contributed by atoms with Crippen LogP contribution in [-0.2, 0) is 0 Å². The van der Waals surface area contributed by atoms with E-state index < -0.39 is 0 Å². The molecule has 0 N–H and O–H groups in total. The number of hydrogen-bond acceptors (Lipinski definition) is 1. The predicted octanol–water partition coefficient (Wildman–Crippen LogP) is 5.69. The van der Waals surface area contributed by atoms with Crippen LogP contribution < -0.4 is 0 Å². The molecule has 2 heteroatoms. The van der Waals surface area contributed by atoms with Crippen LogP contribution in [0.5, 0.6) is 0 Å². The average molecular weight is 352 g/mol. The van der Waals surface area contributed by atoms with E-state index in [2.05, 4.69) is 70.4 Å². The van der Waals surface area contributed by atoms with Crippen molar-refractivity contribution in [2.45, 2.75) is 24.6 Å². The van der Waals surface area contributed by atoms with E-state index in [0.29, 0.717) is 5.92 Å². The average Bonchev–Trinajstić information content (AvgIpc) is 3.14. The van der Waals surface area contributed by atoms with Crippen LogP contribution >= 0.6 is 15.9 Å². The van der Waals surface area contributed by atoms with Crippen molar-refractivity contribution in [1.29, 1.82) is 0 Å². The molecule has 1 unspecified atom stereocenters. The molecule has 0 radical (unpaired) electrons. The summed E-state index contributed by atoms with van der Waals surface area (Å²) in [5.41, 5.74) is 8.05. The van der Waals surface area contributed by atoms with Crippen molar-refractivity contribution in [3.05, 3.63) is 82.3 Å². The standard InChI is InChI=1S/C20H18BrN/c1-13-11-18-17(15(13)9-8-14-5-2-3-6-14)12-19-16(20(18)21)7-4-10-22-19/h2-7,10-12,14,20H,8-9H2,1H3. The third kappa shape index (κ3) is 2.26. The Kier molecular flexibility index (Phi) is 3.50. The molecule has 0 amide bonds. The third-order valence-electron chi connectivity index (χ3n) is 4.74. The lowest BCUT2D eigenvalue weighted by molar-refractivity contribution is 0.713. The fourth-order valence-corrected chi connectivity index (χ4v) is 4.31. The van der Waals surface area contributed by atoms with Gasteiger partial charge in [0.2, 0.25) is 0 Å². The second-order valence-corrected chi connectivity index (χ2v) is 7.05. The van der Waals surface area contributed by atoms with Gasteiger partial charge in [-0.15, -0.1) is 0 Å². The maximum absolute atomic E-state index is 4.55. The Morgan fingerprint density at radius 1 is 1.18 bits per heavy atom. The van der Waals surface area contributed by atoms with Crippen LogP contribution in [0.2, 0.25) is 0 Å². The van der Waals surface area contributed by atoms with E-state index in [1.165, 1.54) is 34.3 Å². The van der Waals surface area contributed by atoms with Crippen LogP contribution in [0.15, 0.2) is 71.0 Å². The first kappa shape index (κ1) is 14.0. The van der Waals surface area contributed by atoms with Gasteiger partial charge < -0.3 is 0 Å². The maximum atomic E-state index is 4.55.